The first-order valence-electron chi connectivity index (χ1n) is 24.1. The smallest absolute Gasteiger partial charge is 0.433 e. The zero-order valence-electron chi connectivity index (χ0n) is 42.5. The first-order chi connectivity index (χ1) is 35.1. The lowest BCUT2D eigenvalue weighted by Gasteiger charge is -2.15. The molecule has 9 aromatic rings. The monoisotopic (exact) mass is 1010 g/mol. The Balaban J connectivity index is 0.000000178. The topological polar surface area (TPSA) is 192 Å². The van der Waals surface area contributed by atoms with Gasteiger partial charge in [-0.3, -0.25) is 9.97 Å². The number of hydrogen-bond donors (Lipinski definition) is 8. The number of halogens is 4. The third-order valence-electron chi connectivity index (χ3n) is 12.4. The summed E-state index contributed by atoms with van der Waals surface area (Å²) in [5, 5.41) is 76.3. The minimum atomic E-state index is -4.68. The van der Waals surface area contributed by atoms with Crippen molar-refractivity contribution in [3.05, 3.63) is 150 Å². The molecule has 74 heavy (non-hydrogen) atoms. The second-order valence-corrected chi connectivity index (χ2v) is 18.0. The molecule has 6 aromatic carbocycles. The standard InChI is InChI=1S/C20H22N2O2.C19H15F4NO2.C18H17NO3.C2H6/c1-4-12(2)20-18(23)10-14(11-19(20)24)13-5-6-17-15(9-13)16(21-3)7-8-22-17;1-9(2)17-14(25)7-10(8-15(17)26)11-3-5-13(20)12-4-6-16(19(21,22)23)24-18(11)12;1-10(2)17-15(21)7-12(8-16(17)22)14-9-13(20)6-11-4-3-5-19-18(11)14;1-2/h5-12,23-24H,4H2,1-3H3,(H,21,22);3-9,25-26H,1-2H3;3-10,20-22H,1-2H3;1-2H3. The number of rotatable bonds is 8. The number of phenolic OH excluding ortho intramolecular Hbond substituents is 7. The van der Waals surface area contributed by atoms with Crippen LogP contribution in [0.1, 0.15) is 102 Å². The predicted molar refractivity (Wildman–Crippen MR) is 286 cm³/mol. The molecule has 0 amide bonds. The molecule has 0 aliphatic heterocycles. The maximum Gasteiger partial charge on any atom is 0.433 e. The first-order valence-corrected chi connectivity index (χ1v) is 24.1. The summed E-state index contributed by atoms with van der Waals surface area (Å²) < 4.78 is 53.0. The maximum atomic E-state index is 14.0. The van der Waals surface area contributed by atoms with Crippen LogP contribution in [-0.4, -0.2) is 57.7 Å². The predicted octanol–water partition coefficient (Wildman–Crippen LogP) is 15.6. The minimum absolute atomic E-state index is 0.00750. The summed E-state index contributed by atoms with van der Waals surface area (Å²) in [6, 6.07) is 28.1. The average Bonchev–Trinajstić information content (AvgIpc) is 3.35. The zero-order valence-corrected chi connectivity index (χ0v) is 42.5. The summed E-state index contributed by atoms with van der Waals surface area (Å²) in [5.41, 5.74) is 6.09. The van der Waals surface area contributed by atoms with Crippen molar-refractivity contribution in [2.45, 2.75) is 85.7 Å². The fourth-order valence-electron chi connectivity index (χ4n) is 8.75. The van der Waals surface area contributed by atoms with Crippen LogP contribution in [0.15, 0.2) is 122 Å². The van der Waals surface area contributed by atoms with E-state index in [9.17, 15) is 53.3 Å². The molecule has 0 radical (unpaired) electrons. The Bertz CT molecular complexity index is 3400. The van der Waals surface area contributed by atoms with Crippen LogP contribution >= 0.6 is 0 Å². The van der Waals surface area contributed by atoms with Gasteiger partial charge >= 0.3 is 6.18 Å². The van der Waals surface area contributed by atoms with E-state index in [2.05, 4.69) is 20.3 Å². The number of alkyl halides is 3. The number of nitrogens with one attached hydrogen (secondary N) is 1. The molecule has 386 valence electrons. The summed E-state index contributed by atoms with van der Waals surface area (Å²) in [6.07, 6.45) is -0.380. The van der Waals surface area contributed by atoms with E-state index in [1.165, 1.54) is 18.2 Å². The lowest BCUT2D eigenvalue weighted by atomic mass is 9.93. The normalized spacial score (nSPS) is 11.7. The molecule has 1 atom stereocenters. The molecule has 0 saturated heterocycles. The van der Waals surface area contributed by atoms with Crippen LogP contribution in [0, 0.1) is 5.82 Å². The van der Waals surface area contributed by atoms with Crippen molar-refractivity contribution in [2.24, 2.45) is 0 Å². The summed E-state index contributed by atoms with van der Waals surface area (Å²) in [7, 11) is 1.88. The van der Waals surface area contributed by atoms with Crippen LogP contribution in [0.2, 0.25) is 0 Å². The summed E-state index contributed by atoms with van der Waals surface area (Å²) in [4.78, 5) is 12.3. The molecule has 0 saturated carbocycles. The Morgan fingerprint density at radius 1 is 0.541 bits per heavy atom. The Morgan fingerprint density at radius 3 is 1.64 bits per heavy atom. The lowest BCUT2D eigenvalue weighted by Crippen LogP contribution is -2.08. The van der Waals surface area contributed by atoms with E-state index >= 15 is 0 Å². The Labute approximate surface area is 426 Å². The highest BCUT2D eigenvalue weighted by Gasteiger charge is 2.33. The Kier molecular flexibility index (Phi) is 17.1. The van der Waals surface area contributed by atoms with Gasteiger partial charge in [0.1, 0.15) is 51.8 Å². The van der Waals surface area contributed by atoms with Crippen LogP contribution in [0.3, 0.4) is 0 Å². The van der Waals surface area contributed by atoms with E-state index in [-0.39, 0.29) is 80.0 Å². The Hall–Kier alpha value is -8.33. The highest BCUT2D eigenvalue weighted by atomic mass is 19.4. The largest absolute Gasteiger partial charge is 0.508 e. The van der Waals surface area contributed by atoms with E-state index in [4.69, 9.17) is 0 Å². The molecule has 11 nitrogen and oxygen atoms in total. The second-order valence-electron chi connectivity index (χ2n) is 18.0. The second kappa shape index (κ2) is 23.0. The van der Waals surface area contributed by atoms with Crippen molar-refractivity contribution in [3.63, 3.8) is 0 Å². The molecule has 0 aliphatic rings. The van der Waals surface area contributed by atoms with Crippen molar-refractivity contribution in [2.75, 3.05) is 12.4 Å². The van der Waals surface area contributed by atoms with Crippen molar-refractivity contribution < 1.29 is 53.3 Å². The van der Waals surface area contributed by atoms with Gasteiger partial charge in [-0.05, 0) is 143 Å². The fourth-order valence-corrected chi connectivity index (χ4v) is 8.75. The highest BCUT2D eigenvalue weighted by molar-refractivity contribution is 5.97. The van der Waals surface area contributed by atoms with Gasteiger partial charge < -0.3 is 41.1 Å². The van der Waals surface area contributed by atoms with E-state index in [1.54, 1.807) is 68.7 Å². The van der Waals surface area contributed by atoms with Gasteiger partial charge in [-0.25, -0.2) is 9.37 Å². The molecule has 0 spiro atoms. The maximum absolute atomic E-state index is 14.0. The van der Waals surface area contributed by atoms with E-state index < -0.39 is 17.7 Å². The molecule has 15 heteroatoms. The van der Waals surface area contributed by atoms with Gasteiger partial charge in [0.25, 0.3) is 0 Å². The quantitative estimate of drug-likeness (QED) is 0.0676. The number of benzene rings is 6. The van der Waals surface area contributed by atoms with E-state index in [0.29, 0.717) is 39.4 Å². The van der Waals surface area contributed by atoms with Gasteiger partial charge in [-0.1, -0.05) is 67.5 Å². The number of aromatic nitrogens is 3. The van der Waals surface area contributed by atoms with Gasteiger partial charge in [0, 0.05) is 69.1 Å². The molecule has 3 heterocycles. The van der Waals surface area contributed by atoms with Crippen molar-refractivity contribution in [1.29, 1.82) is 0 Å². The lowest BCUT2D eigenvalue weighted by molar-refractivity contribution is -0.140. The van der Waals surface area contributed by atoms with Gasteiger partial charge in [-0.2, -0.15) is 13.2 Å². The number of pyridine rings is 3. The molecule has 0 aliphatic carbocycles. The summed E-state index contributed by atoms with van der Waals surface area (Å²) in [6.45, 7) is 15.4. The van der Waals surface area contributed by atoms with Crippen molar-refractivity contribution >= 4 is 38.4 Å². The number of anilines is 1. The van der Waals surface area contributed by atoms with Crippen LogP contribution in [0.5, 0.6) is 40.2 Å². The van der Waals surface area contributed by atoms with Crippen LogP contribution in [0.4, 0.5) is 23.2 Å². The molecule has 0 fully saturated rings. The van der Waals surface area contributed by atoms with Gasteiger partial charge in [0.15, 0.2) is 0 Å². The SMILES string of the molecule is CC.CC(C)c1c(O)cc(-c2cc(O)cc3cccnc23)cc1O.CC(C)c1c(O)cc(-c2ccc(F)c3ccc(C(F)(F)F)nc23)cc1O.CCC(C)c1c(O)cc(-c2ccc3nccc(NC)c3c2)cc1O. The molecular weight excluding hydrogens is 953 g/mol. The highest BCUT2D eigenvalue weighted by Crippen LogP contribution is 2.44. The van der Waals surface area contributed by atoms with Crippen molar-refractivity contribution in [3.8, 4) is 73.6 Å². The molecule has 0 bridgehead atoms. The third kappa shape index (κ3) is 11.8. The van der Waals surface area contributed by atoms with Crippen molar-refractivity contribution in [1.82, 2.24) is 15.0 Å². The summed E-state index contributed by atoms with van der Waals surface area (Å²) >= 11 is 0. The summed E-state index contributed by atoms with van der Waals surface area (Å²) in [5.74, 6) is -0.680. The Morgan fingerprint density at radius 2 is 1.09 bits per heavy atom. The zero-order chi connectivity index (χ0) is 54.3. The number of nitrogens with zero attached hydrogens (tertiary/aromatic N) is 3. The fraction of sp³-hybridized carbons (Fsp3) is 0.237. The molecule has 1 unspecified atom stereocenters. The van der Waals surface area contributed by atoms with Crippen LogP contribution in [0.25, 0.3) is 66.1 Å². The third-order valence-corrected chi connectivity index (χ3v) is 12.4. The van der Waals surface area contributed by atoms with Gasteiger partial charge in [0.05, 0.1) is 16.6 Å². The number of fused-ring (bicyclic) bond motifs is 3. The number of phenols is 7. The molecule has 9 rings (SSSR count). The molecule has 3 aromatic heterocycles. The molecular formula is C59H60F4N4O7. The number of aromatic hydroxyl groups is 7. The van der Waals surface area contributed by atoms with E-state index in [1.807, 2.05) is 78.9 Å². The van der Waals surface area contributed by atoms with E-state index in [0.717, 1.165) is 51.7 Å². The van der Waals surface area contributed by atoms with Crippen LogP contribution < -0.4 is 5.32 Å². The number of hydrogen-bond acceptors (Lipinski definition) is 11. The van der Waals surface area contributed by atoms with Crippen LogP contribution in [-0.2, 0) is 6.18 Å². The molecule has 8 N–H and O–H groups in total. The average molecular weight is 1010 g/mol. The van der Waals surface area contributed by atoms with Gasteiger partial charge in [0.2, 0.25) is 0 Å². The van der Waals surface area contributed by atoms with Gasteiger partial charge in [-0.15, -0.1) is 0 Å². The first kappa shape index (κ1) is 55.0. The minimum Gasteiger partial charge on any atom is -0.508 e.